The van der Waals surface area contributed by atoms with Crippen LogP contribution >= 0.6 is 0 Å². The molecule has 16 heavy (non-hydrogen) atoms. The summed E-state index contributed by atoms with van der Waals surface area (Å²) < 4.78 is 9.04. The van der Waals surface area contributed by atoms with Crippen LogP contribution in [0.5, 0.6) is 0 Å². The Morgan fingerprint density at radius 3 is 2.38 bits per heavy atom. The molecule has 0 saturated heterocycles. The summed E-state index contributed by atoms with van der Waals surface area (Å²) in [4.78, 5) is 20.5. The van der Waals surface area contributed by atoms with E-state index in [0.717, 1.165) is 0 Å². The maximum Gasteiger partial charge on any atom is 0.404 e. The van der Waals surface area contributed by atoms with Gasteiger partial charge in [-0.15, -0.1) is 0 Å². The molecule has 0 aromatic carbocycles. The van der Waals surface area contributed by atoms with Gasteiger partial charge in [0, 0.05) is 0 Å². The first-order chi connectivity index (χ1) is 7.52. The zero-order valence-electron chi connectivity index (χ0n) is 8.98. The summed E-state index contributed by atoms with van der Waals surface area (Å²) in [5, 5.41) is 0. The lowest BCUT2D eigenvalue weighted by molar-refractivity contribution is 0.155. The van der Waals surface area contributed by atoms with E-state index in [1.54, 1.807) is 6.08 Å². The summed E-state index contributed by atoms with van der Waals surface area (Å²) in [5.41, 5.74) is 10.2. The van der Waals surface area contributed by atoms with Crippen molar-refractivity contribution in [2.24, 2.45) is 11.5 Å². The molecule has 0 atom stereocenters. The Hall–Kier alpha value is -1.98. The molecule has 2 amide bonds. The topological polar surface area (TPSA) is 105 Å². The first-order valence-electron chi connectivity index (χ1n) is 4.71. The maximum absolute atomic E-state index is 10.3. The molecule has 90 valence electrons. The van der Waals surface area contributed by atoms with Gasteiger partial charge in [-0.3, -0.25) is 0 Å². The van der Waals surface area contributed by atoms with E-state index in [0.29, 0.717) is 18.4 Å². The number of allylic oxidation sites excluding steroid dienone is 1. The highest BCUT2D eigenvalue weighted by molar-refractivity contribution is 5.65. The molecule has 0 fully saturated rings. The fraction of sp³-hybridized carbons (Fsp3) is 0.400. The van der Waals surface area contributed by atoms with E-state index >= 15 is 0 Å². The van der Waals surface area contributed by atoms with Gasteiger partial charge in [0.25, 0.3) is 0 Å². The zero-order chi connectivity index (χ0) is 12.4. The number of primary amides is 2. The molecular formula is C10H16N2O4. The number of hydrogen-bond donors (Lipinski definition) is 2. The molecule has 0 bridgehead atoms. The van der Waals surface area contributed by atoms with E-state index in [-0.39, 0.29) is 13.2 Å². The van der Waals surface area contributed by atoms with Crippen molar-refractivity contribution in [1.82, 2.24) is 0 Å². The van der Waals surface area contributed by atoms with Gasteiger partial charge in [-0.05, 0) is 18.4 Å². The summed E-state index contributed by atoms with van der Waals surface area (Å²) in [6.07, 6.45) is 3.32. The van der Waals surface area contributed by atoms with E-state index in [4.69, 9.17) is 11.5 Å². The third kappa shape index (κ3) is 10.1. The molecule has 0 spiro atoms. The fourth-order valence-corrected chi connectivity index (χ4v) is 0.836. The SMILES string of the molecule is C=C(/C=C/CCCOC(N)=O)COC(N)=O. The normalized spacial score (nSPS) is 10.0. The minimum Gasteiger partial charge on any atom is -0.450 e. The van der Waals surface area contributed by atoms with Gasteiger partial charge in [0.15, 0.2) is 0 Å². The summed E-state index contributed by atoms with van der Waals surface area (Å²) in [7, 11) is 0. The number of hydrogen-bond acceptors (Lipinski definition) is 4. The molecule has 0 aliphatic rings. The van der Waals surface area contributed by atoms with Gasteiger partial charge in [0.05, 0.1) is 6.61 Å². The third-order valence-electron chi connectivity index (χ3n) is 1.51. The smallest absolute Gasteiger partial charge is 0.404 e. The monoisotopic (exact) mass is 228 g/mol. The molecule has 0 heterocycles. The van der Waals surface area contributed by atoms with Crippen LogP contribution in [0.3, 0.4) is 0 Å². The van der Waals surface area contributed by atoms with Crippen LogP contribution in [0.15, 0.2) is 24.3 Å². The van der Waals surface area contributed by atoms with Crippen LogP contribution in [0.4, 0.5) is 9.59 Å². The predicted octanol–water partition coefficient (Wildman–Crippen LogP) is 1.07. The molecule has 0 aliphatic carbocycles. The maximum atomic E-state index is 10.3. The second-order valence-corrected chi connectivity index (χ2v) is 2.98. The Bertz CT molecular complexity index is 287. The molecule has 0 saturated carbocycles. The van der Waals surface area contributed by atoms with Crippen LogP contribution in [0.1, 0.15) is 12.8 Å². The van der Waals surface area contributed by atoms with Crippen LogP contribution < -0.4 is 11.5 Å². The van der Waals surface area contributed by atoms with E-state index in [9.17, 15) is 9.59 Å². The number of rotatable bonds is 7. The number of amides is 2. The zero-order valence-corrected chi connectivity index (χ0v) is 8.98. The van der Waals surface area contributed by atoms with Gasteiger partial charge in [0.2, 0.25) is 0 Å². The molecule has 0 aromatic heterocycles. The number of carbonyl (C=O) groups excluding carboxylic acids is 2. The van der Waals surface area contributed by atoms with Crippen molar-refractivity contribution in [3.05, 3.63) is 24.3 Å². The quantitative estimate of drug-likeness (QED) is 0.502. The van der Waals surface area contributed by atoms with Crippen molar-refractivity contribution < 1.29 is 19.1 Å². The van der Waals surface area contributed by atoms with Gasteiger partial charge < -0.3 is 20.9 Å². The van der Waals surface area contributed by atoms with Crippen molar-refractivity contribution in [2.45, 2.75) is 12.8 Å². The summed E-state index contributed by atoms with van der Waals surface area (Å²) in [5.74, 6) is 0. The Kier molecular flexibility index (Phi) is 7.31. The highest BCUT2D eigenvalue weighted by Gasteiger charge is 1.94. The van der Waals surface area contributed by atoms with Gasteiger partial charge in [-0.1, -0.05) is 18.7 Å². The van der Waals surface area contributed by atoms with Gasteiger partial charge in [0.1, 0.15) is 6.61 Å². The molecule has 6 heteroatoms. The molecule has 0 aliphatic heterocycles. The first-order valence-corrected chi connectivity index (χ1v) is 4.71. The fourth-order valence-electron chi connectivity index (χ4n) is 0.836. The van der Waals surface area contributed by atoms with Crippen LogP contribution in [0.25, 0.3) is 0 Å². The number of ether oxygens (including phenoxy) is 2. The third-order valence-corrected chi connectivity index (χ3v) is 1.51. The summed E-state index contributed by atoms with van der Waals surface area (Å²) in [6, 6.07) is 0. The van der Waals surface area contributed by atoms with Crippen LogP contribution in [-0.2, 0) is 9.47 Å². The predicted molar refractivity (Wildman–Crippen MR) is 58.6 cm³/mol. The Morgan fingerprint density at radius 2 is 1.81 bits per heavy atom. The average molecular weight is 228 g/mol. The molecule has 6 nitrogen and oxygen atoms in total. The van der Waals surface area contributed by atoms with E-state index in [1.807, 2.05) is 6.08 Å². The van der Waals surface area contributed by atoms with Gasteiger partial charge in [-0.25, -0.2) is 9.59 Å². The lowest BCUT2D eigenvalue weighted by Crippen LogP contribution is -2.14. The minimum absolute atomic E-state index is 0.0730. The van der Waals surface area contributed by atoms with Crippen molar-refractivity contribution in [3.63, 3.8) is 0 Å². The Morgan fingerprint density at radius 1 is 1.19 bits per heavy atom. The van der Waals surface area contributed by atoms with Crippen LogP contribution in [0.2, 0.25) is 0 Å². The minimum atomic E-state index is -0.829. The van der Waals surface area contributed by atoms with Crippen molar-refractivity contribution in [3.8, 4) is 0 Å². The molecular weight excluding hydrogens is 212 g/mol. The largest absolute Gasteiger partial charge is 0.450 e. The van der Waals surface area contributed by atoms with Crippen molar-refractivity contribution in [1.29, 1.82) is 0 Å². The Labute approximate surface area is 93.9 Å². The number of carbonyl (C=O) groups is 2. The van der Waals surface area contributed by atoms with Crippen LogP contribution in [0, 0.1) is 0 Å². The van der Waals surface area contributed by atoms with Gasteiger partial charge >= 0.3 is 12.2 Å². The average Bonchev–Trinajstić information content (AvgIpc) is 2.19. The Balaban J connectivity index is 3.48. The van der Waals surface area contributed by atoms with Crippen molar-refractivity contribution in [2.75, 3.05) is 13.2 Å². The van der Waals surface area contributed by atoms with E-state index in [2.05, 4.69) is 16.1 Å². The second-order valence-electron chi connectivity index (χ2n) is 2.98. The highest BCUT2D eigenvalue weighted by Crippen LogP contribution is 1.98. The van der Waals surface area contributed by atoms with Crippen LogP contribution in [-0.4, -0.2) is 25.4 Å². The van der Waals surface area contributed by atoms with Crippen molar-refractivity contribution >= 4 is 12.2 Å². The standard InChI is InChI=1S/C10H16N2O4/c1-8(7-16-10(12)14)5-3-2-4-6-15-9(11)13/h3,5H,1-2,4,6-7H2,(H2,11,13)(H2,12,14)/b5-3+. The number of nitrogens with two attached hydrogens (primary N) is 2. The molecule has 0 unspecified atom stereocenters. The summed E-state index contributed by atoms with van der Waals surface area (Å²) >= 11 is 0. The molecule has 4 N–H and O–H groups in total. The molecule has 0 aromatic rings. The lowest BCUT2D eigenvalue weighted by Gasteiger charge is -2.00. The molecule has 0 rings (SSSR count). The van der Waals surface area contributed by atoms with E-state index < -0.39 is 12.2 Å². The van der Waals surface area contributed by atoms with E-state index in [1.165, 1.54) is 0 Å². The number of unbranched alkanes of at least 4 members (excludes halogenated alkanes) is 1. The first kappa shape index (κ1) is 14.0. The highest BCUT2D eigenvalue weighted by atomic mass is 16.5. The molecule has 0 radical (unpaired) electrons. The lowest BCUT2D eigenvalue weighted by atomic mass is 10.2. The van der Waals surface area contributed by atoms with Gasteiger partial charge in [-0.2, -0.15) is 0 Å². The second kappa shape index (κ2) is 8.34. The summed E-state index contributed by atoms with van der Waals surface area (Å²) in [6.45, 7) is 4.00.